The first-order valence-electron chi connectivity index (χ1n) is 11.6. The van der Waals surface area contributed by atoms with Crippen molar-refractivity contribution >= 4 is 32.3 Å². The lowest BCUT2D eigenvalue weighted by Crippen LogP contribution is -2.42. The van der Waals surface area contributed by atoms with E-state index >= 15 is 0 Å². The van der Waals surface area contributed by atoms with Crippen molar-refractivity contribution in [2.45, 2.75) is 30.4 Å². The van der Waals surface area contributed by atoms with Gasteiger partial charge in [0.2, 0.25) is 10.0 Å². The third-order valence-corrected chi connectivity index (χ3v) is 9.10. The second-order valence-electron chi connectivity index (χ2n) is 8.93. The SMILES string of the molecule is Nc1nccn2c(C3CCN(S(=O)(=O)C4C=CC=CC4)CC3)nc(-c3cc4ccccc4[nH]3)c12. The summed E-state index contributed by atoms with van der Waals surface area (Å²) >= 11 is 0. The topological polar surface area (TPSA) is 109 Å². The van der Waals surface area contributed by atoms with Gasteiger partial charge in [0.05, 0.1) is 10.9 Å². The molecule has 8 nitrogen and oxygen atoms in total. The van der Waals surface area contributed by atoms with E-state index in [1.807, 2.05) is 47.0 Å². The number of imidazole rings is 1. The Morgan fingerprint density at radius 1 is 1.12 bits per heavy atom. The summed E-state index contributed by atoms with van der Waals surface area (Å²) in [6.45, 7) is 0.969. The first-order valence-corrected chi connectivity index (χ1v) is 13.1. The number of para-hydroxylation sites is 1. The summed E-state index contributed by atoms with van der Waals surface area (Å²) in [5, 5.41) is 0.633. The van der Waals surface area contributed by atoms with Crippen LogP contribution in [0, 0.1) is 0 Å². The zero-order valence-electron chi connectivity index (χ0n) is 18.6. The lowest BCUT2D eigenvalue weighted by molar-refractivity contribution is 0.311. The monoisotopic (exact) mass is 474 g/mol. The molecule has 0 bridgehead atoms. The van der Waals surface area contributed by atoms with Gasteiger partial charge in [-0.1, -0.05) is 42.5 Å². The highest BCUT2D eigenvalue weighted by molar-refractivity contribution is 7.89. The number of nitrogens with two attached hydrogens (primary N) is 1. The molecule has 1 fully saturated rings. The van der Waals surface area contributed by atoms with Crippen LogP contribution in [0.25, 0.3) is 27.8 Å². The van der Waals surface area contributed by atoms with Crippen LogP contribution in [-0.2, 0) is 10.0 Å². The molecule has 0 spiro atoms. The number of sulfonamides is 1. The number of hydrogen-bond acceptors (Lipinski definition) is 5. The number of H-pyrrole nitrogens is 1. The quantitative estimate of drug-likeness (QED) is 0.467. The fourth-order valence-electron chi connectivity index (χ4n) is 5.10. The molecule has 3 N–H and O–H groups in total. The number of nitrogens with one attached hydrogen (secondary N) is 1. The minimum Gasteiger partial charge on any atom is -0.382 e. The third-order valence-electron chi connectivity index (χ3n) is 6.90. The Morgan fingerprint density at radius 3 is 2.71 bits per heavy atom. The normalized spacial score (nSPS) is 19.9. The van der Waals surface area contributed by atoms with Gasteiger partial charge < -0.3 is 10.7 Å². The van der Waals surface area contributed by atoms with Crippen molar-refractivity contribution in [3.63, 3.8) is 0 Å². The van der Waals surface area contributed by atoms with Crippen molar-refractivity contribution in [1.82, 2.24) is 23.7 Å². The van der Waals surface area contributed by atoms with Gasteiger partial charge in [-0.3, -0.25) is 4.40 Å². The average Bonchev–Trinajstić information content (AvgIpc) is 3.47. The molecule has 3 aromatic heterocycles. The maximum Gasteiger partial charge on any atom is 0.220 e. The van der Waals surface area contributed by atoms with E-state index in [0.29, 0.717) is 38.2 Å². The van der Waals surface area contributed by atoms with Crippen LogP contribution in [-0.4, -0.2) is 50.4 Å². The molecule has 0 radical (unpaired) electrons. The first kappa shape index (κ1) is 21.1. The van der Waals surface area contributed by atoms with E-state index in [1.165, 1.54) is 0 Å². The lowest BCUT2D eigenvalue weighted by atomic mass is 9.97. The Labute approximate surface area is 197 Å². The van der Waals surface area contributed by atoms with Crippen LogP contribution in [0.3, 0.4) is 0 Å². The van der Waals surface area contributed by atoms with Gasteiger partial charge in [-0.2, -0.15) is 0 Å². The molecule has 0 amide bonds. The van der Waals surface area contributed by atoms with Crippen LogP contribution >= 0.6 is 0 Å². The standard InChI is InChI=1S/C25H26N6O2S/c26-24-23-22(21-16-18-6-4-5-9-20(18)28-21)29-25(31(23)15-12-27-24)17-10-13-30(14-11-17)34(32,33)19-7-2-1-3-8-19/h1-7,9,12,15-17,19,28H,8,10-11,13-14H2,(H2,26,27). The van der Waals surface area contributed by atoms with Crippen LogP contribution in [0.2, 0.25) is 0 Å². The molecule has 4 heterocycles. The summed E-state index contributed by atoms with van der Waals surface area (Å²) in [6, 6.07) is 10.2. The summed E-state index contributed by atoms with van der Waals surface area (Å²) in [5.41, 5.74) is 9.78. The Morgan fingerprint density at radius 2 is 1.94 bits per heavy atom. The van der Waals surface area contributed by atoms with E-state index in [4.69, 9.17) is 10.7 Å². The maximum absolute atomic E-state index is 13.1. The van der Waals surface area contributed by atoms with Crippen molar-refractivity contribution in [2.24, 2.45) is 0 Å². The summed E-state index contributed by atoms with van der Waals surface area (Å²) in [5.74, 6) is 1.45. The number of aromatic nitrogens is 4. The first-order chi connectivity index (χ1) is 16.5. The van der Waals surface area contributed by atoms with E-state index in [9.17, 15) is 8.42 Å². The van der Waals surface area contributed by atoms with Crippen LogP contribution in [0.5, 0.6) is 0 Å². The van der Waals surface area contributed by atoms with Gasteiger partial charge in [0, 0.05) is 42.3 Å². The largest absolute Gasteiger partial charge is 0.382 e. The summed E-state index contributed by atoms with van der Waals surface area (Å²) in [4.78, 5) is 12.8. The molecule has 1 aliphatic carbocycles. The average molecular weight is 475 g/mol. The highest BCUT2D eigenvalue weighted by Gasteiger charge is 2.35. The molecule has 1 atom stereocenters. The van der Waals surface area contributed by atoms with Gasteiger partial charge in [0.15, 0.2) is 0 Å². The number of nitrogen functional groups attached to an aromatic ring is 1. The fourth-order valence-corrected chi connectivity index (χ4v) is 6.85. The van der Waals surface area contributed by atoms with Gasteiger partial charge in [0.25, 0.3) is 0 Å². The van der Waals surface area contributed by atoms with Crippen molar-refractivity contribution in [1.29, 1.82) is 0 Å². The lowest BCUT2D eigenvalue weighted by Gasteiger charge is -2.32. The maximum atomic E-state index is 13.1. The predicted octanol–water partition coefficient (Wildman–Crippen LogP) is 3.85. The number of piperidine rings is 1. The van der Waals surface area contributed by atoms with Crippen LogP contribution in [0.15, 0.2) is 67.0 Å². The zero-order valence-corrected chi connectivity index (χ0v) is 19.4. The molecular weight excluding hydrogens is 448 g/mol. The summed E-state index contributed by atoms with van der Waals surface area (Å²) < 4.78 is 29.9. The number of fused-ring (bicyclic) bond motifs is 2. The molecule has 1 unspecified atom stereocenters. The molecule has 1 aliphatic heterocycles. The second-order valence-corrected chi connectivity index (χ2v) is 11.1. The van der Waals surface area contributed by atoms with Crippen molar-refractivity contribution in [3.8, 4) is 11.4 Å². The molecule has 0 saturated carbocycles. The predicted molar refractivity (Wildman–Crippen MR) is 134 cm³/mol. The summed E-state index contributed by atoms with van der Waals surface area (Å²) in [6.07, 6.45) is 12.9. The molecule has 6 rings (SSSR count). The highest BCUT2D eigenvalue weighted by Crippen LogP contribution is 2.36. The van der Waals surface area contributed by atoms with Gasteiger partial charge >= 0.3 is 0 Å². The van der Waals surface area contributed by atoms with E-state index in [2.05, 4.69) is 22.1 Å². The highest BCUT2D eigenvalue weighted by atomic mass is 32.2. The molecule has 1 aromatic carbocycles. The molecule has 9 heteroatoms. The van der Waals surface area contributed by atoms with E-state index in [-0.39, 0.29) is 5.92 Å². The molecule has 2 aliphatic rings. The van der Waals surface area contributed by atoms with Gasteiger partial charge in [-0.15, -0.1) is 0 Å². The Balaban J connectivity index is 1.33. The minimum absolute atomic E-state index is 0.126. The number of hydrogen-bond donors (Lipinski definition) is 2. The number of benzene rings is 1. The molecular formula is C25H26N6O2S. The van der Waals surface area contributed by atoms with Gasteiger partial charge in [-0.05, 0) is 31.4 Å². The smallest absolute Gasteiger partial charge is 0.220 e. The number of rotatable bonds is 4. The number of anilines is 1. The van der Waals surface area contributed by atoms with Crippen LogP contribution < -0.4 is 5.73 Å². The van der Waals surface area contributed by atoms with E-state index in [1.54, 1.807) is 16.6 Å². The third kappa shape index (κ3) is 3.43. The van der Waals surface area contributed by atoms with E-state index in [0.717, 1.165) is 33.6 Å². The second kappa shape index (κ2) is 8.11. The van der Waals surface area contributed by atoms with Gasteiger partial charge in [-0.25, -0.2) is 22.7 Å². The number of allylic oxidation sites excluding steroid dienone is 3. The van der Waals surface area contributed by atoms with Crippen molar-refractivity contribution in [2.75, 3.05) is 18.8 Å². The van der Waals surface area contributed by atoms with Crippen molar-refractivity contribution in [3.05, 3.63) is 72.9 Å². The fraction of sp³-hybridized carbons (Fsp3) is 0.280. The van der Waals surface area contributed by atoms with E-state index < -0.39 is 15.3 Å². The Bertz CT molecular complexity index is 1510. The summed E-state index contributed by atoms with van der Waals surface area (Å²) in [7, 11) is -3.36. The molecule has 1 saturated heterocycles. The number of aromatic amines is 1. The van der Waals surface area contributed by atoms with Crippen molar-refractivity contribution < 1.29 is 8.42 Å². The molecule has 4 aromatic rings. The zero-order chi connectivity index (χ0) is 23.3. The number of nitrogens with zero attached hydrogens (tertiary/aromatic N) is 4. The Hall–Kier alpha value is -3.43. The van der Waals surface area contributed by atoms with Crippen LogP contribution in [0.4, 0.5) is 5.82 Å². The molecule has 34 heavy (non-hydrogen) atoms. The van der Waals surface area contributed by atoms with Gasteiger partial charge in [0.1, 0.15) is 22.9 Å². The Kier molecular flexibility index (Phi) is 5.04. The molecule has 174 valence electrons. The minimum atomic E-state index is -3.36. The van der Waals surface area contributed by atoms with Crippen LogP contribution in [0.1, 0.15) is 31.0 Å².